The van der Waals surface area contributed by atoms with Gasteiger partial charge in [0.05, 0.1) is 12.5 Å². The molecular weight excluding hydrogens is 216 g/mol. The standard InChI is InChI=1S/C13H20N2O2/c16-12-5-1-3-10(7-12)9-15-13(17)8-11-4-2-6-14-11/h2,4,6,10,12,14,16H,1,3,5,7-9H2,(H,15,17). The maximum Gasteiger partial charge on any atom is 0.225 e. The van der Waals surface area contributed by atoms with E-state index in [1.807, 2.05) is 18.3 Å². The maximum atomic E-state index is 11.6. The van der Waals surface area contributed by atoms with Gasteiger partial charge in [-0.2, -0.15) is 0 Å². The van der Waals surface area contributed by atoms with E-state index in [1.165, 1.54) is 0 Å². The van der Waals surface area contributed by atoms with Crippen molar-refractivity contribution in [2.45, 2.75) is 38.2 Å². The molecule has 94 valence electrons. The molecule has 2 rings (SSSR count). The van der Waals surface area contributed by atoms with Crippen LogP contribution in [-0.2, 0) is 11.2 Å². The molecule has 0 aliphatic heterocycles. The molecule has 2 unspecified atom stereocenters. The first-order valence-corrected chi connectivity index (χ1v) is 6.31. The second-order valence-corrected chi connectivity index (χ2v) is 4.86. The molecule has 1 aromatic rings. The summed E-state index contributed by atoms with van der Waals surface area (Å²) in [4.78, 5) is 14.7. The van der Waals surface area contributed by atoms with Gasteiger partial charge in [0.2, 0.25) is 5.91 Å². The van der Waals surface area contributed by atoms with Crippen molar-refractivity contribution in [2.24, 2.45) is 5.92 Å². The molecule has 4 nitrogen and oxygen atoms in total. The molecule has 4 heteroatoms. The molecule has 0 radical (unpaired) electrons. The van der Waals surface area contributed by atoms with E-state index in [0.717, 1.165) is 31.4 Å². The largest absolute Gasteiger partial charge is 0.393 e. The van der Waals surface area contributed by atoms with E-state index in [2.05, 4.69) is 10.3 Å². The lowest BCUT2D eigenvalue weighted by atomic mass is 9.87. The van der Waals surface area contributed by atoms with Crippen molar-refractivity contribution in [1.82, 2.24) is 10.3 Å². The van der Waals surface area contributed by atoms with Crippen molar-refractivity contribution >= 4 is 5.91 Å². The van der Waals surface area contributed by atoms with E-state index in [9.17, 15) is 9.90 Å². The zero-order valence-corrected chi connectivity index (χ0v) is 9.98. The molecular formula is C13H20N2O2. The molecule has 3 N–H and O–H groups in total. The van der Waals surface area contributed by atoms with Gasteiger partial charge in [0.1, 0.15) is 0 Å². The summed E-state index contributed by atoms with van der Waals surface area (Å²) in [6.07, 6.45) is 5.96. The third-order valence-corrected chi connectivity index (χ3v) is 3.36. The number of carbonyl (C=O) groups is 1. The Balaban J connectivity index is 1.69. The Labute approximate surface area is 101 Å². The summed E-state index contributed by atoms with van der Waals surface area (Å²) in [6.45, 7) is 0.691. The zero-order chi connectivity index (χ0) is 12.1. The fraction of sp³-hybridized carbons (Fsp3) is 0.615. The predicted molar refractivity (Wildman–Crippen MR) is 65.5 cm³/mol. The van der Waals surface area contributed by atoms with Crippen LogP contribution in [0.2, 0.25) is 0 Å². The van der Waals surface area contributed by atoms with Crippen LogP contribution in [0.3, 0.4) is 0 Å². The average Bonchev–Trinajstić information content (AvgIpc) is 2.79. The number of carbonyl (C=O) groups excluding carboxylic acids is 1. The Morgan fingerprint density at radius 1 is 1.53 bits per heavy atom. The van der Waals surface area contributed by atoms with Crippen molar-refractivity contribution in [3.8, 4) is 0 Å². The summed E-state index contributed by atoms with van der Waals surface area (Å²) < 4.78 is 0. The van der Waals surface area contributed by atoms with Crippen molar-refractivity contribution < 1.29 is 9.90 Å². The molecule has 1 amide bonds. The summed E-state index contributed by atoms with van der Waals surface area (Å²) in [5, 5.41) is 12.5. The average molecular weight is 236 g/mol. The highest BCUT2D eigenvalue weighted by atomic mass is 16.3. The molecule has 0 bridgehead atoms. The van der Waals surface area contributed by atoms with Gasteiger partial charge in [0.15, 0.2) is 0 Å². The monoisotopic (exact) mass is 236 g/mol. The third-order valence-electron chi connectivity index (χ3n) is 3.36. The quantitative estimate of drug-likeness (QED) is 0.736. The summed E-state index contributed by atoms with van der Waals surface area (Å²) >= 11 is 0. The van der Waals surface area contributed by atoms with Gasteiger partial charge in [-0.05, 0) is 37.3 Å². The number of aromatic amines is 1. The van der Waals surface area contributed by atoms with Gasteiger partial charge < -0.3 is 15.4 Å². The van der Waals surface area contributed by atoms with Gasteiger partial charge in [0, 0.05) is 18.4 Å². The van der Waals surface area contributed by atoms with E-state index < -0.39 is 0 Å². The number of rotatable bonds is 4. The van der Waals surface area contributed by atoms with Gasteiger partial charge in [0.25, 0.3) is 0 Å². The van der Waals surface area contributed by atoms with Crippen molar-refractivity contribution in [3.63, 3.8) is 0 Å². The fourth-order valence-electron chi connectivity index (χ4n) is 2.42. The molecule has 1 fully saturated rings. The summed E-state index contributed by atoms with van der Waals surface area (Å²) in [6, 6.07) is 3.80. The van der Waals surface area contributed by atoms with Gasteiger partial charge in [-0.15, -0.1) is 0 Å². The normalized spacial score (nSPS) is 24.5. The minimum absolute atomic E-state index is 0.0486. The van der Waals surface area contributed by atoms with E-state index in [-0.39, 0.29) is 12.0 Å². The smallest absolute Gasteiger partial charge is 0.225 e. The van der Waals surface area contributed by atoms with Gasteiger partial charge >= 0.3 is 0 Å². The van der Waals surface area contributed by atoms with Crippen LogP contribution in [0.4, 0.5) is 0 Å². The van der Waals surface area contributed by atoms with E-state index >= 15 is 0 Å². The molecule has 1 aliphatic carbocycles. The summed E-state index contributed by atoms with van der Waals surface area (Å²) in [5.74, 6) is 0.485. The first-order chi connectivity index (χ1) is 8.24. The lowest BCUT2D eigenvalue weighted by Crippen LogP contribution is -2.33. The number of aliphatic hydroxyl groups excluding tert-OH is 1. The molecule has 0 aromatic carbocycles. The molecule has 1 heterocycles. The number of H-pyrrole nitrogens is 1. The molecule has 0 saturated heterocycles. The fourth-order valence-corrected chi connectivity index (χ4v) is 2.42. The Morgan fingerprint density at radius 2 is 2.41 bits per heavy atom. The second-order valence-electron chi connectivity index (χ2n) is 4.86. The minimum Gasteiger partial charge on any atom is -0.393 e. The van der Waals surface area contributed by atoms with Crippen LogP contribution in [0.25, 0.3) is 0 Å². The van der Waals surface area contributed by atoms with Crippen LogP contribution in [-0.4, -0.2) is 28.6 Å². The van der Waals surface area contributed by atoms with Crippen LogP contribution >= 0.6 is 0 Å². The van der Waals surface area contributed by atoms with Crippen molar-refractivity contribution in [1.29, 1.82) is 0 Å². The molecule has 17 heavy (non-hydrogen) atoms. The second kappa shape index (κ2) is 5.87. The topological polar surface area (TPSA) is 65.1 Å². The molecule has 1 aliphatic rings. The third kappa shape index (κ3) is 3.89. The maximum absolute atomic E-state index is 11.6. The summed E-state index contributed by atoms with van der Waals surface area (Å²) in [7, 11) is 0. The van der Waals surface area contributed by atoms with Crippen LogP contribution in [0.5, 0.6) is 0 Å². The number of aromatic nitrogens is 1. The highest BCUT2D eigenvalue weighted by Gasteiger charge is 2.20. The number of nitrogens with one attached hydrogen (secondary N) is 2. The molecule has 1 aromatic heterocycles. The Kier molecular flexibility index (Phi) is 4.20. The molecule has 1 saturated carbocycles. The van der Waals surface area contributed by atoms with Crippen LogP contribution in [0.1, 0.15) is 31.4 Å². The van der Waals surface area contributed by atoms with E-state index in [4.69, 9.17) is 0 Å². The van der Waals surface area contributed by atoms with Gasteiger partial charge in [-0.3, -0.25) is 4.79 Å². The lowest BCUT2D eigenvalue weighted by Gasteiger charge is -2.25. The molecule has 2 atom stereocenters. The Bertz CT molecular complexity index is 348. The van der Waals surface area contributed by atoms with E-state index in [0.29, 0.717) is 18.9 Å². The number of amides is 1. The predicted octanol–water partition coefficient (Wildman–Crippen LogP) is 1.22. The summed E-state index contributed by atoms with van der Waals surface area (Å²) in [5.41, 5.74) is 0.936. The highest BCUT2D eigenvalue weighted by molar-refractivity contribution is 5.78. The van der Waals surface area contributed by atoms with Crippen LogP contribution in [0.15, 0.2) is 18.3 Å². The van der Waals surface area contributed by atoms with Crippen molar-refractivity contribution in [2.75, 3.05) is 6.54 Å². The first-order valence-electron chi connectivity index (χ1n) is 6.31. The van der Waals surface area contributed by atoms with Crippen molar-refractivity contribution in [3.05, 3.63) is 24.0 Å². The zero-order valence-electron chi connectivity index (χ0n) is 9.98. The van der Waals surface area contributed by atoms with Crippen LogP contribution in [0, 0.1) is 5.92 Å². The highest BCUT2D eigenvalue weighted by Crippen LogP contribution is 2.23. The minimum atomic E-state index is -0.172. The Hall–Kier alpha value is -1.29. The SMILES string of the molecule is O=C(Cc1ccc[nH]1)NCC1CCCC(O)C1. The number of hydrogen-bond acceptors (Lipinski definition) is 2. The Morgan fingerprint density at radius 3 is 3.12 bits per heavy atom. The number of hydrogen-bond donors (Lipinski definition) is 3. The van der Waals surface area contributed by atoms with Crippen LogP contribution < -0.4 is 5.32 Å². The first kappa shape index (κ1) is 12.2. The van der Waals surface area contributed by atoms with Gasteiger partial charge in [-0.1, -0.05) is 6.42 Å². The van der Waals surface area contributed by atoms with Gasteiger partial charge in [-0.25, -0.2) is 0 Å². The number of aliphatic hydroxyl groups is 1. The molecule has 0 spiro atoms. The van der Waals surface area contributed by atoms with E-state index in [1.54, 1.807) is 0 Å². The lowest BCUT2D eigenvalue weighted by molar-refractivity contribution is -0.120.